The first-order chi connectivity index (χ1) is 6.27. The van der Waals surface area contributed by atoms with Crippen LogP contribution in [0.1, 0.15) is 19.4 Å². The van der Waals surface area contributed by atoms with Crippen LogP contribution < -0.4 is 9.47 Å². The summed E-state index contributed by atoms with van der Waals surface area (Å²) in [5, 5.41) is 0. The van der Waals surface area contributed by atoms with Gasteiger partial charge in [-0.1, -0.05) is 0 Å². The molecule has 2 nitrogen and oxygen atoms in total. The summed E-state index contributed by atoms with van der Waals surface area (Å²) in [4.78, 5) is 0. The highest BCUT2D eigenvalue weighted by atomic mass is 16.5. The maximum Gasteiger partial charge on any atom is 0.122 e. The van der Waals surface area contributed by atoms with Crippen LogP contribution in [0.5, 0.6) is 11.5 Å². The summed E-state index contributed by atoms with van der Waals surface area (Å²) in [6.45, 7) is 9.13. The van der Waals surface area contributed by atoms with Crippen molar-refractivity contribution in [2.24, 2.45) is 0 Å². The molecule has 2 heteroatoms. The van der Waals surface area contributed by atoms with Crippen LogP contribution >= 0.6 is 0 Å². The van der Waals surface area contributed by atoms with Crippen LogP contribution in [-0.2, 0) is 0 Å². The highest BCUT2D eigenvalue weighted by Crippen LogP contribution is 2.23. The SMILES string of the molecule is [CH2]c1cc(OCC)ccc1OCC. The van der Waals surface area contributed by atoms with E-state index in [2.05, 4.69) is 6.92 Å². The minimum absolute atomic E-state index is 0.663. The molecule has 0 atom stereocenters. The normalized spacial score (nSPS) is 9.77. The average Bonchev–Trinajstić information content (AvgIpc) is 2.10. The lowest BCUT2D eigenvalue weighted by Gasteiger charge is -2.08. The zero-order chi connectivity index (χ0) is 9.68. The lowest BCUT2D eigenvalue weighted by atomic mass is 10.2. The van der Waals surface area contributed by atoms with E-state index in [4.69, 9.17) is 9.47 Å². The second kappa shape index (κ2) is 4.75. The van der Waals surface area contributed by atoms with E-state index < -0.39 is 0 Å². The second-order valence-electron chi connectivity index (χ2n) is 2.64. The van der Waals surface area contributed by atoms with Crippen molar-refractivity contribution in [1.29, 1.82) is 0 Å². The molecule has 13 heavy (non-hydrogen) atoms. The van der Waals surface area contributed by atoms with Gasteiger partial charge in [-0.3, -0.25) is 0 Å². The molecule has 0 fully saturated rings. The van der Waals surface area contributed by atoms with Gasteiger partial charge in [0.1, 0.15) is 11.5 Å². The van der Waals surface area contributed by atoms with E-state index in [0.29, 0.717) is 13.2 Å². The minimum Gasteiger partial charge on any atom is -0.494 e. The lowest BCUT2D eigenvalue weighted by molar-refractivity contribution is 0.329. The molecule has 0 amide bonds. The van der Waals surface area contributed by atoms with Gasteiger partial charge in [0.2, 0.25) is 0 Å². The first kappa shape index (κ1) is 9.90. The van der Waals surface area contributed by atoms with Gasteiger partial charge in [-0.25, -0.2) is 0 Å². The summed E-state index contributed by atoms with van der Waals surface area (Å²) < 4.78 is 10.7. The Kier molecular flexibility index (Phi) is 3.62. The molecule has 0 aromatic heterocycles. The minimum atomic E-state index is 0.663. The molecule has 0 heterocycles. The van der Waals surface area contributed by atoms with Crippen molar-refractivity contribution in [2.45, 2.75) is 13.8 Å². The molecule has 0 saturated heterocycles. The third kappa shape index (κ3) is 2.65. The van der Waals surface area contributed by atoms with Gasteiger partial charge >= 0.3 is 0 Å². The van der Waals surface area contributed by atoms with Crippen LogP contribution in [0.4, 0.5) is 0 Å². The summed E-state index contributed by atoms with van der Waals surface area (Å²) in [5.74, 6) is 1.67. The molecule has 0 aliphatic rings. The fraction of sp³-hybridized carbons (Fsp3) is 0.364. The first-order valence-corrected chi connectivity index (χ1v) is 4.49. The maximum absolute atomic E-state index is 5.35. The fourth-order valence-corrected chi connectivity index (χ4v) is 1.11. The summed E-state index contributed by atoms with van der Waals surface area (Å²) in [6.07, 6.45) is 0. The predicted octanol–water partition coefficient (Wildman–Crippen LogP) is 2.67. The number of ether oxygens (including phenoxy) is 2. The Morgan fingerprint density at radius 2 is 1.85 bits per heavy atom. The van der Waals surface area contributed by atoms with Crippen LogP contribution in [0, 0.1) is 6.92 Å². The van der Waals surface area contributed by atoms with Crippen molar-refractivity contribution < 1.29 is 9.47 Å². The Labute approximate surface area is 79.5 Å². The van der Waals surface area contributed by atoms with Gasteiger partial charge in [0.25, 0.3) is 0 Å². The van der Waals surface area contributed by atoms with E-state index in [9.17, 15) is 0 Å². The Hall–Kier alpha value is -1.18. The Morgan fingerprint density at radius 3 is 2.38 bits per heavy atom. The summed E-state index contributed by atoms with van der Waals surface area (Å²) in [7, 11) is 0. The monoisotopic (exact) mass is 179 g/mol. The van der Waals surface area contributed by atoms with E-state index in [-0.39, 0.29) is 0 Å². The van der Waals surface area contributed by atoms with E-state index >= 15 is 0 Å². The van der Waals surface area contributed by atoms with E-state index in [1.165, 1.54) is 0 Å². The van der Waals surface area contributed by atoms with Crippen molar-refractivity contribution in [3.8, 4) is 11.5 Å². The topological polar surface area (TPSA) is 18.5 Å². The van der Waals surface area contributed by atoms with Crippen LogP contribution in [-0.4, -0.2) is 13.2 Å². The first-order valence-electron chi connectivity index (χ1n) is 4.49. The van der Waals surface area contributed by atoms with Gasteiger partial charge in [0.15, 0.2) is 0 Å². The van der Waals surface area contributed by atoms with Crippen LogP contribution in [0.25, 0.3) is 0 Å². The van der Waals surface area contributed by atoms with Crippen molar-refractivity contribution in [3.05, 3.63) is 30.7 Å². The molecule has 0 unspecified atom stereocenters. The number of rotatable bonds is 4. The lowest BCUT2D eigenvalue weighted by Crippen LogP contribution is -1.96. The van der Waals surface area contributed by atoms with Crippen LogP contribution in [0.15, 0.2) is 18.2 Å². The van der Waals surface area contributed by atoms with Gasteiger partial charge in [-0.05, 0) is 44.5 Å². The Balaban J connectivity index is 2.79. The molecule has 0 N–H and O–H groups in total. The molecular formula is C11H15O2. The van der Waals surface area contributed by atoms with E-state index in [1.807, 2.05) is 32.0 Å². The molecule has 0 saturated carbocycles. The zero-order valence-electron chi connectivity index (χ0n) is 8.17. The summed E-state index contributed by atoms with van der Waals surface area (Å²) >= 11 is 0. The van der Waals surface area contributed by atoms with Crippen molar-refractivity contribution in [1.82, 2.24) is 0 Å². The smallest absolute Gasteiger partial charge is 0.122 e. The van der Waals surface area contributed by atoms with Gasteiger partial charge in [-0.15, -0.1) is 0 Å². The van der Waals surface area contributed by atoms with Gasteiger partial charge in [-0.2, -0.15) is 0 Å². The molecule has 0 aliphatic carbocycles. The Morgan fingerprint density at radius 1 is 1.15 bits per heavy atom. The van der Waals surface area contributed by atoms with Gasteiger partial charge < -0.3 is 9.47 Å². The molecule has 1 radical (unpaired) electrons. The van der Waals surface area contributed by atoms with E-state index in [0.717, 1.165) is 17.1 Å². The second-order valence-corrected chi connectivity index (χ2v) is 2.64. The van der Waals surface area contributed by atoms with Crippen molar-refractivity contribution >= 4 is 0 Å². The third-order valence-corrected chi connectivity index (χ3v) is 1.64. The Bertz CT molecular complexity index is 269. The third-order valence-electron chi connectivity index (χ3n) is 1.64. The largest absolute Gasteiger partial charge is 0.494 e. The molecule has 1 aromatic rings. The predicted molar refractivity (Wildman–Crippen MR) is 53.2 cm³/mol. The summed E-state index contributed by atoms with van der Waals surface area (Å²) in [6, 6.07) is 5.66. The van der Waals surface area contributed by atoms with Gasteiger partial charge in [0.05, 0.1) is 13.2 Å². The van der Waals surface area contributed by atoms with Crippen LogP contribution in [0.3, 0.4) is 0 Å². The molecule has 1 aromatic carbocycles. The molecular weight excluding hydrogens is 164 g/mol. The van der Waals surface area contributed by atoms with E-state index in [1.54, 1.807) is 0 Å². The highest BCUT2D eigenvalue weighted by Gasteiger charge is 2.00. The zero-order valence-corrected chi connectivity index (χ0v) is 8.17. The molecule has 1 rings (SSSR count). The molecule has 0 aliphatic heterocycles. The number of benzene rings is 1. The molecule has 0 spiro atoms. The highest BCUT2D eigenvalue weighted by molar-refractivity contribution is 5.41. The van der Waals surface area contributed by atoms with Crippen LogP contribution in [0.2, 0.25) is 0 Å². The molecule has 0 bridgehead atoms. The average molecular weight is 179 g/mol. The van der Waals surface area contributed by atoms with Crippen molar-refractivity contribution in [2.75, 3.05) is 13.2 Å². The summed E-state index contributed by atoms with van der Waals surface area (Å²) in [5.41, 5.74) is 0.868. The van der Waals surface area contributed by atoms with Crippen molar-refractivity contribution in [3.63, 3.8) is 0 Å². The number of hydrogen-bond acceptors (Lipinski definition) is 2. The quantitative estimate of drug-likeness (QED) is 0.707. The standard InChI is InChI=1S/C11H15O2/c1-4-12-10-6-7-11(13-5-2)9(3)8-10/h6-8H,3-5H2,1-2H3. The molecule has 71 valence electrons. The fourth-order valence-electron chi connectivity index (χ4n) is 1.11. The maximum atomic E-state index is 5.35. The van der Waals surface area contributed by atoms with Gasteiger partial charge in [0, 0.05) is 0 Å². The number of hydrogen-bond donors (Lipinski definition) is 0.